The molecule has 0 spiro atoms. The van der Waals surface area contributed by atoms with Gasteiger partial charge in [-0.1, -0.05) is 83.1 Å². The summed E-state index contributed by atoms with van der Waals surface area (Å²) in [5, 5.41) is 19.4. The third-order valence-electron chi connectivity index (χ3n) is 5.65. The van der Waals surface area contributed by atoms with Crippen LogP contribution in [0.15, 0.2) is 48.5 Å². The standard InChI is InChI=1S/C24H34O2/c1-3-5-6-7-8-9-10-19-24(4-2,20-11-15-22(25)16-12-20)21-13-17-23(26)18-14-21/h11-18,25-26H,3-10,19H2,1-2H3. The first-order valence-corrected chi connectivity index (χ1v) is 10.2. The molecule has 2 aromatic rings. The van der Waals surface area contributed by atoms with Gasteiger partial charge in [-0.05, 0) is 48.2 Å². The first-order valence-electron chi connectivity index (χ1n) is 10.2. The van der Waals surface area contributed by atoms with E-state index in [4.69, 9.17) is 0 Å². The summed E-state index contributed by atoms with van der Waals surface area (Å²) in [6, 6.07) is 15.3. The van der Waals surface area contributed by atoms with E-state index >= 15 is 0 Å². The minimum absolute atomic E-state index is 0.0647. The molecule has 2 rings (SSSR count). The van der Waals surface area contributed by atoms with Crippen LogP contribution in [0.4, 0.5) is 0 Å². The Morgan fingerprint density at radius 1 is 0.615 bits per heavy atom. The number of phenols is 2. The van der Waals surface area contributed by atoms with Crippen LogP contribution in [0.5, 0.6) is 11.5 Å². The van der Waals surface area contributed by atoms with Gasteiger partial charge in [0.15, 0.2) is 0 Å². The number of aromatic hydroxyl groups is 2. The van der Waals surface area contributed by atoms with E-state index in [0.717, 1.165) is 12.8 Å². The fourth-order valence-corrected chi connectivity index (χ4v) is 3.99. The summed E-state index contributed by atoms with van der Waals surface area (Å²) in [6.07, 6.45) is 11.2. The van der Waals surface area contributed by atoms with Crippen LogP contribution in [-0.2, 0) is 5.41 Å². The van der Waals surface area contributed by atoms with Crippen LogP contribution in [-0.4, -0.2) is 10.2 Å². The average Bonchev–Trinajstić information content (AvgIpc) is 2.66. The second-order valence-corrected chi connectivity index (χ2v) is 7.40. The zero-order valence-corrected chi connectivity index (χ0v) is 16.4. The highest BCUT2D eigenvalue weighted by molar-refractivity contribution is 5.42. The Bertz CT molecular complexity index is 583. The third kappa shape index (κ3) is 5.27. The van der Waals surface area contributed by atoms with Crippen molar-refractivity contribution in [1.82, 2.24) is 0 Å². The Hall–Kier alpha value is -1.96. The van der Waals surface area contributed by atoms with Gasteiger partial charge in [0.2, 0.25) is 0 Å². The van der Waals surface area contributed by atoms with Gasteiger partial charge in [-0.2, -0.15) is 0 Å². The largest absolute Gasteiger partial charge is 0.508 e. The molecule has 2 nitrogen and oxygen atoms in total. The molecule has 142 valence electrons. The van der Waals surface area contributed by atoms with E-state index in [9.17, 15) is 10.2 Å². The molecule has 0 atom stereocenters. The van der Waals surface area contributed by atoms with Crippen LogP contribution in [0.3, 0.4) is 0 Å². The Balaban J connectivity index is 2.15. The summed E-state index contributed by atoms with van der Waals surface area (Å²) >= 11 is 0. The van der Waals surface area contributed by atoms with Gasteiger partial charge >= 0.3 is 0 Å². The highest BCUT2D eigenvalue weighted by atomic mass is 16.3. The maximum atomic E-state index is 9.69. The van der Waals surface area contributed by atoms with Gasteiger partial charge in [-0.15, -0.1) is 0 Å². The van der Waals surface area contributed by atoms with Crippen LogP contribution in [0.25, 0.3) is 0 Å². The molecule has 0 saturated carbocycles. The molecule has 0 saturated heterocycles. The molecule has 0 bridgehead atoms. The van der Waals surface area contributed by atoms with Crippen molar-refractivity contribution in [3.05, 3.63) is 59.7 Å². The normalized spacial score (nSPS) is 11.6. The van der Waals surface area contributed by atoms with Crippen molar-refractivity contribution in [3.63, 3.8) is 0 Å². The van der Waals surface area contributed by atoms with Crippen LogP contribution in [0.1, 0.15) is 82.8 Å². The third-order valence-corrected chi connectivity index (χ3v) is 5.65. The lowest BCUT2D eigenvalue weighted by Gasteiger charge is -2.34. The zero-order valence-electron chi connectivity index (χ0n) is 16.4. The van der Waals surface area contributed by atoms with E-state index in [0.29, 0.717) is 11.5 Å². The van der Waals surface area contributed by atoms with Crippen LogP contribution >= 0.6 is 0 Å². The first kappa shape index (κ1) is 20.4. The fourth-order valence-electron chi connectivity index (χ4n) is 3.99. The highest BCUT2D eigenvalue weighted by Gasteiger charge is 2.31. The quantitative estimate of drug-likeness (QED) is 0.429. The molecule has 0 unspecified atom stereocenters. The molecular weight excluding hydrogens is 320 g/mol. The zero-order chi connectivity index (χ0) is 18.8. The van der Waals surface area contributed by atoms with Crippen molar-refractivity contribution in [2.75, 3.05) is 0 Å². The average molecular weight is 355 g/mol. The van der Waals surface area contributed by atoms with Gasteiger partial charge in [-0.25, -0.2) is 0 Å². The van der Waals surface area contributed by atoms with E-state index in [1.54, 1.807) is 24.3 Å². The summed E-state index contributed by atoms with van der Waals surface area (Å²) in [5.74, 6) is 0.612. The molecule has 0 fully saturated rings. The Labute approximate surface area is 158 Å². The maximum absolute atomic E-state index is 9.69. The lowest BCUT2D eigenvalue weighted by Crippen LogP contribution is -2.27. The number of hydrogen-bond donors (Lipinski definition) is 2. The van der Waals surface area contributed by atoms with E-state index in [1.165, 1.54) is 56.1 Å². The predicted molar refractivity (Wildman–Crippen MR) is 110 cm³/mol. The second kappa shape index (κ2) is 10.3. The number of phenolic OH excluding ortho intramolecular Hbond substituents is 2. The molecule has 26 heavy (non-hydrogen) atoms. The van der Waals surface area contributed by atoms with Crippen molar-refractivity contribution in [2.45, 2.75) is 77.0 Å². The SMILES string of the molecule is CCCCCCCCCC(CC)(c1ccc(O)cc1)c1ccc(O)cc1. The minimum Gasteiger partial charge on any atom is -0.508 e. The molecule has 0 aromatic heterocycles. The Morgan fingerprint density at radius 3 is 1.46 bits per heavy atom. The highest BCUT2D eigenvalue weighted by Crippen LogP contribution is 2.41. The van der Waals surface area contributed by atoms with E-state index in [2.05, 4.69) is 13.8 Å². The molecule has 2 aromatic carbocycles. The number of unbranched alkanes of at least 4 members (excludes halogenated alkanes) is 6. The summed E-state index contributed by atoms with van der Waals surface area (Å²) in [7, 11) is 0. The van der Waals surface area contributed by atoms with Gasteiger partial charge in [0.25, 0.3) is 0 Å². The first-order chi connectivity index (χ1) is 12.6. The molecule has 2 heteroatoms. The summed E-state index contributed by atoms with van der Waals surface area (Å²) < 4.78 is 0. The summed E-state index contributed by atoms with van der Waals surface area (Å²) in [4.78, 5) is 0. The molecule has 0 heterocycles. The van der Waals surface area contributed by atoms with E-state index < -0.39 is 0 Å². The van der Waals surface area contributed by atoms with Gasteiger partial charge in [0.05, 0.1) is 0 Å². The summed E-state index contributed by atoms with van der Waals surface area (Å²) in [6.45, 7) is 4.49. The minimum atomic E-state index is -0.0647. The fraction of sp³-hybridized carbons (Fsp3) is 0.500. The van der Waals surface area contributed by atoms with Crippen LogP contribution in [0.2, 0.25) is 0 Å². The van der Waals surface area contributed by atoms with Crippen molar-refractivity contribution >= 4 is 0 Å². The van der Waals surface area contributed by atoms with E-state index in [1.807, 2.05) is 24.3 Å². The molecule has 0 aliphatic heterocycles. The molecule has 0 aliphatic carbocycles. The molecule has 0 aliphatic rings. The van der Waals surface area contributed by atoms with Gasteiger partial charge in [0, 0.05) is 5.41 Å². The number of hydrogen-bond acceptors (Lipinski definition) is 2. The topological polar surface area (TPSA) is 40.5 Å². The smallest absolute Gasteiger partial charge is 0.115 e. The molecule has 2 N–H and O–H groups in total. The van der Waals surface area contributed by atoms with Gasteiger partial charge in [-0.3, -0.25) is 0 Å². The molecule has 0 radical (unpaired) electrons. The predicted octanol–water partition coefficient (Wildman–Crippen LogP) is 6.93. The van der Waals surface area contributed by atoms with Gasteiger partial charge in [0.1, 0.15) is 11.5 Å². The lowest BCUT2D eigenvalue weighted by atomic mass is 9.69. The lowest BCUT2D eigenvalue weighted by molar-refractivity contribution is 0.422. The Morgan fingerprint density at radius 2 is 1.04 bits per heavy atom. The second-order valence-electron chi connectivity index (χ2n) is 7.40. The molecular formula is C24H34O2. The number of benzene rings is 2. The van der Waals surface area contributed by atoms with Crippen molar-refractivity contribution in [1.29, 1.82) is 0 Å². The van der Waals surface area contributed by atoms with Gasteiger partial charge < -0.3 is 10.2 Å². The molecule has 0 amide bonds. The Kier molecular flexibility index (Phi) is 8.03. The van der Waals surface area contributed by atoms with Crippen LogP contribution in [0, 0.1) is 0 Å². The van der Waals surface area contributed by atoms with Crippen molar-refractivity contribution in [3.8, 4) is 11.5 Å². The number of rotatable bonds is 11. The van der Waals surface area contributed by atoms with E-state index in [-0.39, 0.29) is 5.41 Å². The maximum Gasteiger partial charge on any atom is 0.115 e. The monoisotopic (exact) mass is 354 g/mol. The van der Waals surface area contributed by atoms with Crippen molar-refractivity contribution < 1.29 is 10.2 Å². The summed E-state index contributed by atoms with van der Waals surface area (Å²) in [5.41, 5.74) is 2.43. The van der Waals surface area contributed by atoms with Crippen LogP contribution < -0.4 is 0 Å². The van der Waals surface area contributed by atoms with Crippen molar-refractivity contribution in [2.24, 2.45) is 0 Å².